The number of fused-ring (bicyclic) bond motifs is 1. The van der Waals surface area contributed by atoms with Gasteiger partial charge < -0.3 is 14.5 Å². The summed E-state index contributed by atoms with van der Waals surface area (Å²) in [6.45, 7) is 1.57. The number of hydrogen-bond donors (Lipinski definition) is 1. The summed E-state index contributed by atoms with van der Waals surface area (Å²) in [7, 11) is 0. The molecule has 0 saturated carbocycles. The summed E-state index contributed by atoms with van der Waals surface area (Å²) in [6.07, 6.45) is 2.47. The van der Waals surface area contributed by atoms with Crippen molar-refractivity contribution in [2.45, 2.75) is 18.9 Å². The smallest absolute Gasteiger partial charge is 0.315 e. The van der Waals surface area contributed by atoms with Gasteiger partial charge in [-0.25, -0.2) is 0 Å². The first kappa shape index (κ1) is 12.8. The number of ether oxygens (including phenoxy) is 1. The second-order valence-corrected chi connectivity index (χ2v) is 6.16. The Hall–Kier alpha value is -1.92. The van der Waals surface area contributed by atoms with E-state index < -0.39 is 0 Å². The van der Waals surface area contributed by atoms with Crippen molar-refractivity contribution < 1.29 is 9.15 Å². The van der Waals surface area contributed by atoms with Crippen LogP contribution in [-0.2, 0) is 4.74 Å². The molecular weight excluding hydrogens is 286 g/mol. The number of anilines is 1. The predicted octanol–water partition coefficient (Wildman–Crippen LogP) is 3.54. The van der Waals surface area contributed by atoms with Crippen molar-refractivity contribution in [1.82, 2.24) is 10.2 Å². The van der Waals surface area contributed by atoms with Gasteiger partial charge in [0.25, 0.3) is 5.89 Å². The van der Waals surface area contributed by atoms with Crippen molar-refractivity contribution in [2.24, 2.45) is 0 Å². The van der Waals surface area contributed by atoms with E-state index >= 15 is 0 Å². The Morgan fingerprint density at radius 2 is 2.24 bits per heavy atom. The molecule has 0 spiro atoms. The second kappa shape index (κ2) is 5.46. The van der Waals surface area contributed by atoms with E-state index in [2.05, 4.69) is 33.7 Å². The number of nitrogens with zero attached hydrogens (tertiary/aromatic N) is 2. The third-order valence-electron chi connectivity index (χ3n) is 3.57. The quantitative estimate of drug-likeness (QED) is 0.798. The van der Waals surface area contributed by atoms with E-state index in [0.29, 0.717) is 18.5 Å². The summed E-state index contributed by atoms with van der Waals surface area (Å²) in [5.74, 6) is 0.561. The molecule has 0 amide bonds. The molecule has 3 aromatic rings. The van der Waals surface area contributed by atoms with Gasteiger partial charge in [0.2, 0.25) is 0 Å². The van der Waals surface area contributed by atoms with E-state index in [0.717, 1.165) is 24.3 Å². The molecule has 0 radical (unpaired) electrons. The Bertz CT molecular complexity index is 713. The minimum absolute atomic E-state index is 0.254. The molecule has 1 fully saturated rings. The van der Waals surface area contributed by atoms with E-state index in [1.807, 2.05) is 12.1 Å². The predicted molar refractivity (Wildman–Crippen MR) is 82.6 cm³/mol. The minimum Gasteiger partial charge on any atom is -0.403 e. The fourth-order valence-corrected chi connectivity index (χ4v) is 3.47. The monoisotopic (exact) mass is 301 g/mol. The van der Waals surface area contributed by atoms with Crippen molar-refractivity contribution in [2.75, 3.05) is 18.5 Å². The van der Waals surface area contributed by atoms with Gasteiger partial charge in [-0.2, -0.15) is 0 Å². The summed E-state index contributed by atoms with van der Waals surface area (Å²) in [6, 6.07) is 10.8. The van der Waals surface area contributed by atoms with Crippen LogP contribution >= 0.6 is 11.3 Å². The fraction of sp³-hybridized carbons (Fsp3) is 0.333. The standard InChI is InChI=1S/C15H15N3O2S/c1-2-6-12-10(4-1)8-13(21-12)14-17-18-15(20-14)16-9-11-5-3-7-19-11/h1-2,4,6,8,11H,3,5,7,9H2,(H,16,18). The summed E-state index contributed by atoms with van der Waals surface area (Å²) in [4.78, 5) is 0.994. The number of nitrogens with one attached hydrogen (secondary N) is 1. The third-order valence-corrected chi connectivity index (χ3v) is 4.67. The van der Waals surface area contributed by atoms with E-state index in [-0.39, 0.29) is 6.10 Å². The van der Waals surface area contributed by atoms with Gasteiger partial charge in [-0.3, -0.25) is 0 Å². The van der Waals surface area contributed by atoms with Crippen molar-refractivity contribution in [3.63, 3.8) is 0 Å². The lowest BCUT2D eigenvalue weighted by Crippen LogP contribution is -2.18. The molecule has 1 saturated heterocycles. The molecule has 6 heteroatoms. The van der Waals surface area contributed by atoms with Gasteiger partial charge in [0.15, 0.2) is 0 Å². The minimum atomic E-state index is 0.254. The molecule has 1 aliphatic heterocycles. The van der Waals surface area contributed by atoms with Gasteiger partial charge in [-0.1, -0.05) is 23.3 Å². The number of rotatable bonds is 4. The van der Waals surface area contributed by atoms with Crippen LogP contribution in [0.5, 0.6) is 0 Å². The largest absolute Gasteiger partial charge is 0.403 e. The number of benzene rings is 1. The van der Waals surface area contributed by atoms with Crippen molar-refractivity contribution >= 4 is 27.4 Å². The molecule has 5 nitrogen and oxygen atoms in total. The molecule has 108 valence electrons. The molecule has 4 rings (SSSR count). The molecule has 2 aromatic heterocycles. The molecule has 1 unspecified atom stereocenters. The molecule has 1 N–H and O–H groups in total. The van der Waals surface area contributed by atoms with Crippen LogP contribution in [0.1, 0.15) is 12.8 Å². The lowest BCUT2D eigenvalue weighted by atomic mass is 10.2. The average molecular weight is 301 g/mol. The number of aromatic nitrogens is 2. The Balaban J connectivity index is 1.50. The van der Waals surface area contributed by atoms with Gasteiger partial charge in [-0.15, -0.1) is 16.4 Å². The van der Waals surface area contributed by atoms with Crippen molar-refractivity contribution in [1.29, 1.82) is 0 Å². The average Bonchev–Trinajstić information content (AvgIpc) is 3.24. The highest BCUT2D eigenvalue weighted by Gasteiger charge is 2.17. The summed E-state index contributed by atoms with van der Waals surface area (Å²) in [5.41, 5.74) is 0. The summed E-state index contributed by atoms with van der Waals surface area (Å²) in [5, 5.41) is 12.5. The fourth-order valence-electron chi connectivity index (χ4n) is 2.49. The molecule has 0 aliphatic carbocycles. The Morgan fingerprint density at radius 3 is 3.10 bits per heavy atom. The summed E-state index contributed by atoms with van der Waals surface area (Å²) < 4.78 is 12.5. The van der Waals surface area contributed by atoms with Crippen LogP contribution in [0, 0.1) is 0 Å². The second-order valence-electron chi connectivity index (χ2n) is 5.08. The Kier molecular flexibility index (Phi) is 3.33. The van der Waals surface area contributed by atoms with Gasteiger partial charge in [0, 0.05) is 17.9 Å². The lowest BCUT2D eigenvalue weighted by molar-refractivity contribution is 0.120. The normalized spacial score (nSPS) is 18.4. The van der Waals surface area contributed by atoms with Gasteiger partial charge in [0.05, 0.1) is 11.0 Å². The first-order chi connectivity index (χ1) is 10.4. The molecule has 1 atom stereocenters. The maximum absolute atomic E-state index is 5.68. The van der Waals surface area contributed by atoms with Crippen LogP contribution in [0.4, 0.5) is 6.01 Å². The number of hydrogen-bond acceptors (Lipinski definition) is 6. The maximum atomic E-state index is 5.68. The van der Waals surface area contributed by atoms with E-state index in [9.17, 15) is 0 Å². The Labute approximate surface area is 125 Å². The Morgan fingerprint density at radius 1 is 1.29 bits per heavy atom. The zero-order valence-electron chi connectivity index (χ0n) is 11.4. The van der Waals surface area contributed by atoms with E-state index in [4.69, 9.17) is 9.15 Å². The van der Waals surface area contributed by atoms with Crippen LogP contribution < -0.4 is 5.32 Å². The zero-order chi connectivity index (χ0) is 14.1. The van der Waals surface area contributed by atoms with Crippen LogP contribution in [-0.4, -0.2) is 29.5 Å². The molecular formula is C15H15N3O2S. The first-order valence-corrected chi connectivity index (χ1v) is 7.88. The highest BCUT2D eigenvalue weighted by atomic mass is 32.1. The molecule has 0 bridgehead atoms. The van der Waals surface area contributed by atoms with Gasteiger partial charge >= 0.3 is 6.01 Å². The van der Waals surface area contributed by atoms with Crippen molar-refractivity contribution in [3.8, 4) is 10.8 Å². The van der Waals surface area contributed by atoms with Crippen LogP contribution in [0.25, 0.3) is 20.9 Å². The molecule has 1 aliphatic rings. The molecule has 21 heavy (non-hydrogen) atoms. The number of thiophene rings is 1. The highest BCUT2D eigenvalue weighted by Crippen LogP contribution is 2.33. The highest BCUT2D eigenvalue weighted by molar-refractivity contribution is 7.22. The summed E-state index contributed by atoms with van der Waals surface area (Å²) >= 11 is 1.66. The van der Waals surface area contributed by atoms with Crippen LogP contribution in [0.3, 0.4) is 0 Å². The van der Waals surface area contributed by atoms with E-state index in [1.165, 1.54) is 10.1 Å². The SMILES string of the molecule is c1ccc2sc(-c3nnc(NCC4CCCO4)o3)cc2c1. The van der Waals surface area contributed by atoms with Crippen molar-refractivity contribution in [3.05, 3.63) is 30.3 Å². The maximum Gasteiger partial charge on any atom is 0.315 e. The molecule has 1 aromatic carbocycles. The van der Waals surface area contributed by atoms with Crippen LogP contribution in [0.15, 0.2) is 34.7 Å². The van der Waals surface area contributed by atoms with Gasteiger partial charge in [0.1, 0.15) is 0 Å². The zero-order valence-corrected chi connectivity index (χ0v) is 12.2. The lowest BCUT2D eigenvalue weighted by Gasteiger charge is -2.07. The van der Waals surface area contributed by atoms with E-state index in [1.54, 1.807) is 11.3 Å². The first-order valence-electron chi connectivity index (χ1n) is 7.06. The van der Waals surface area contributed by atoms with Crippen LogP contribution in [0.2, 0.25) is 0 Å². The topological polar surface area (TPSA) is 60.2 Å². The van der Waals surface area contributed by atoms with Gasteiger partial charge in [-0.05, 0) is 30.4 Å². The third kappa shape index (κ3) is 2.64. The molecule has 3 heterocycles.